The number of nitrogens with one attached hydrogen (secondary N) is 1. The number of amides is 1. The standard InChI is InChI=1S/C19H21N3O3S/c1-22(19-21-18-15(24-2)9-6-10-16(18)26-19)13-17(23)20-11-12-25-14-7-4-3-5-8-14/h3-10H,11-13H2,1-2H3,(H,20,23). The molecule has 2 aromatic carbocycles. The molecule has 0 spiro atoms. The van der Waals surface area contributed by atoms with E-state index in [1.807, 2.05) is 60.5 Å². The highest BCUT2D eigenvalue weighted by atomic mass is 32.1. The van der Waals surface area contributed by atoms with Crippen molar-refractivity contribution in [3.8, 4) is 11.5 Å². The molecule has 1 N–H and O–H groups in total. The van der Waals surface area contributed by atoms with Crippen molar-refractivity contribution in [2.75, 3.05) is 38.8 Å². The Balaban J connectivity index is 1.49. The molecule has 1 heterocycles. The third kappa shape index (κ3) is 4.43. The van der Waals surface area contributed by atoms with Gasteiger partial charge < -0.3 is 19.7 Å². The fourth-order valence-electron chi connectivity index (χ4n) is 2.45. The predicted molar refractivity (Wildman–Crippen MR) is 104 cm³/mol. The van der Waals surface area contributed by atoms with Crippen LogP contribution in [0.5, 0.6) is 11.5 Å². The Morgan fingerprint density at radius 3 is 2.77 bits per heavy atom. The lowest BCUT2D eigenvalue weighted by molar-refractivity contribution is -0.119. The summed E-state index contributed by atoms with van der Waals surface area (Å²) in [6.07, 6.45) is 0. The number of carbonyl (C=O) groups excluding carboxylic acids is 1. The molecule has 1 amide bonds. The van der Waals surface area contributed by atoms with Crippen molar-refractivity contribution in [1.82, 2.24) is 10.3 Å². The highest BCUT2D eigenvalue weighted by Crippen LogP contribution is 2.33. The van der Waals surface area contributed by atoms with Crippen LogP contribution in [0.2, 0.25) is 0 Å². The van der Waals surface area contributed by atoms with Crippen molar-refractivity contribution in [2.24, 2.45) is 0 Å². The summed E-state index contributed by atoms with van der Waals surface area (Å²) in [5.41, 5.74) is 0.818. The van der Waals surface area contributed by atoms with E-state index in [0.717, 1.165) is 26.8 Å². The Kier molecular flexibility index (Phi) is 5.91. The van der Waals surface area contributed by atoms with Crippen LogP contribution in [0.4, 0.5) is 5.13 Å². The number of thiazole rings is 1. The smallest absolute Gasteiger partial charge is 0.239 e. The summed E-state index contributed by atoms with van der Waals surface area (Å²) in [7, 11) is 3.48. The first-order chi connectivity index (χ1) is 12.7. The highest BCUT2D eigenvalue weighted by molar-refractivity contribution is 7.22. The van der Waals surface area contributed by atoms with Crippen LogP contribution in [-0.2, 0) is 4.79 Å². The van der Waals surface area contributed by atoms with Crippen molar-refractivity contribution in [3.63, 3.8) is 0 Å². The minimum atomic E-state index is -0.0737. The Hall–Kier alpha value is -2.80. The molecule has 0 saturated heterocycles. The molecule has 0 fully saturated rings. The van der Waals surface area contributed by atoms with E-state index in [0.29, 0.717) is 13.2 Å². The van der Waals surface area contributed by atoms with Gasteiger partial charge in [-0.05, 0) is 24.3 Å². The summed E-state index contributed by atoms with van der Waals surface area (Å²) >= 11 is 1.53. The van der Waals surface area contributed by atoms with E-state index in [9.17, 15) is 4.79 Å². The molecule has 136 valence electrons. The molecule has 1 aromatic heterocycles. The molecule has 0 aliphatic carbocycles. The van der Waals surface area contributed by atoms with Gasteiger partial charge in [-0.2, -0.15) is 0 Å². The molecule has 0 saturated carbocycles. The number of rotatable bonds is 8. The van der Waals surface area contributed by atoms with Crippen LogP contribution in [0.3, 0.4) is 0 Å². The van der Waals surface area contributed by atoms with Gasteiger partial charge in [0.2, 0.25) is 5.91 Å². The monoisotopic (exact) mass is 371 g/mol. The number of hydrogen-bond acceptors (Lipinski definition) is 6. The molecular formula is C19H21N3O3S. The number of hydrogen-bond donors (Lipinski definition) is 1. The molecule has 0 atom stereocenters. The molecule has 6 nitrogen and oxygen atoms in total. The average Bonchev–Trinajstić information content (AvgIpc) is 3.10. The number of likely N-dealkylation sites (N-methyl/N-ethyl adjacent to an activating group) is 1. The molecule has 0 bridgehead atoms. The van der Waals surface area contributed by atoms with Gasteiger partial charge in [-0.1, -0.05) is 35.6 Å². The summed E-state index contributed by atoms with van der Waals surface area (Å²) in [6.45, 7) is 1.11. The third-order valence-corrected chi connectivity index (χ3v) is 4.87. The van der Waals surface area contributed by atoms with Gasteiger partial charge in [0.1, 0.15) is 23.6 Å². The molecular weight excluding hydrogens is 350 g/mol. The molecule has 3 aromatic rings. The largest absolute Gasteiger partial charge is 0.494 e. The van der Waals surface area contributed by atoms with Gasteiger partial charge >= 0.3 is 0 Å². The first-order valence-corrected chi connectivity index (χ1v) is 9.08. The number of nitrogens with zero attached hydrogens (tertiary/aromatic N) is 2. The van der Waals surface area contributed by atoms with E-state index in [1.165, 1.54) is 11.3 Å². The lowest BCUT2D eigenvalue weighted by Crippen LogP contribution is -2.37. The highest BCUT2D eigenvalue weighted by Gasteiger charge is 2.14. The Morgan fingerprint density at radius 1 is 1.19 bits per heavy atom. The van der Waals surface area contributed by atoms with Crippen molar-refractivity contribution in [3.05, 3.63) is 48.5 Å². The second kappa shape index (κ2) is 8.53. The number of anilines is 1. The first-order valence-electron chi connectivity index (χ1n) is 8.26. The zero-order valence-corrected chi connectivity index (χ0v) is 15.6. The topological polar surface area (TPSA) is 63.7 Å². The van der Waals surface area contributed by atoms with Gasteiger partial charge in [-0.15, -0.1) is 0 Å². The summed E-state index contributed by atoms with van der Waals surface area (Å²) < 4.78 is 11.9. The minimum absolute atomic E-state index is 0.0737. The predicted octanol–water partition coefficient (Wildman–Crippen LogP) is 2.94. The molecule has 0 aliphatic heterocycles. The van der Waals surface area contributed by atoms with E-state index in [4.69, 9.17) is 9.47 Å². The molecule has 3 rings (SSSR count). The van der Waals surface area contributed by atoms with E-state index in [-0.39, 0.29) is 12.5 Å². The minimum Gasteiger partial charge on any atom is -0.494 e. The first kappa shape index (κ1) is 18.0. The fourth-order valence-corrected chi connectivity index (χ4v) is 3.40. The summed E-state index contributed by atoms with van der Waals surface area (Å²) in [4.78, 5) is 18.5. The Labute approximate surface area is 156 Å². The quantitative estimate of drug-likeness (QED) is 0.617. The summed E-state index contributed by atoms with van der Waals surface area (Å²) in [5, 5.41) is 3.63. The summed E-state index contributed by atoms with van der Waals surface area (Å²) in [6, 6.07) is 15.3. The number of fused-ring (bicyclic) bond motifs is 1. The van der Waals surface area contributed by atoms with E-state index in [1.54, 1.807) is 7.11 Å². The van der Waals surface area contributed by atoms with E-state index >= 15 is 0 Å². The maximum absolute atomic E-state index is 12.1. The van der Waals surface area contributed by atoms with Crippen LogP contribution in [0.15, 0.2) is 48.5 Å². The van der Waals surface area contributed by atoms with Crippen molar-refractivity contribution >= 4 is 32.6 Å². The number of methoxy groups -OCH3 is 1. The SMILES string of the molecule is COc1cccc2sc(N(C)CC(=O)NCCOc3ccccc3)nc12. The van der Waals surface area contributed by atoms with E-state index in [2.05, 4.69) is 10.3 Å². The van der Waals surface area contributed by atoms with Crippen LogP contribution in [-0.4, -0.2) is 44.7 Å². The second-order valence-electron chi connectivity index (χ2n) is 5.67. The van der Waals surface area contributed by atoms with Gasteiger partial charge in [0, 0.05) is 7.05 Å². The van der Waals surface area contributed by atoms with Crippen LogP contribution >= 0.6 is 11.3 Å². The average molecular weight is 371 g/mol. The maximum Gasteiger partial charge on any atom is 0.239 e. The zero-order valence-electron chi connectivity index (χ0n) is 14.8. The zero-order chi connectivity index (χ0) is 18.4. The van der Waals surface area contributed by atoms with Crippen LogP contribution in [0, 0.1) is 0 Å². The van der Waals surface area contributed by atoms with Crippen LogP contribution in [0.1, 0.15) is 0 Å². The maximum atomic E-state index is 12.1. The summed E-state index contributed by atoms with van der Waals surface area (Å²) in [5.74, 6) is 1.46. The molecule has 0 unspecified atom stereocenters. The molecule has 0 aliphatic rings. The Morgan fingerprint density at radius 2 is 2.00 bits per heavy atom. The molecule has 7 heteroatoms. The van der Waals surface area contributed by atoms with Crippen molar-refractivity contribution < 1.29 is 14.3 Å². The lowest BCUT2D eigenvalue weighted by Gasteiger charge is -2.15. The fraction of sp³-hybridized carbons (Fsp3) is 0.263. The van der Waals surface area contributed by atoms with Crippen LogP contribution < -0.4 is 19.7 Å². The normalized spacial score (nSPS) is 10.5. The van der Waals surface area contributed by atoms with Crippen molar-refractivity contribution in [1.29, 1.82) is 0 Å². The number of benzene rings is 2. The number of ether oxygens (including phenoxy) is 2. The lowest BCUT2D eigenvalue weighted by atomic mass is 10.3. The van der Waals surface area contributed by atoms with Gasteiger partial charge in [0.25, 0.3) is 0 Å². The molecule has 0 radical (unpaired) electrons. The van der Waals surface area contributed by atoms with Crippen molar-refractivity contribution in [2.45, 2.75) is 0 Å². The number of aromatic nitrogens is 1. The van der Waals surface area contributed by atoms with Crippen LogP contribution in [0.25, 0.3) is 10.2 Å². The number of carbonyl (C=O) groups is 1. The van der Waals surface area contributed by atoms with E-state index < -0.39 is 0 Å². The Bertz CT molecular complexity index is 867. The van der Waals surface area contributed by atoms with Gasteiger partial charge in [-0.25, -0.2) is 4.98 Å². The molecule has 26 heavy (non-hydrogen) atoms. The third-order valence-electron chi connectivity index (χ3n) is 3.73. The second-order valence-corrected chi connectivity index (χ2v) is 6.68. The van der Waals surface area contributed by atoms with Gasteiger partial charge in [-0.3, -0.25) is 4.79 Å². The number of para-hydroxylation sites is 2. The van der Waals surface area contributed by atoms with Gasteiger partial charge in [0.05, 0.1) is 24.9 Å². The van der Waals surface area contributed by atoms with Gasteiger partial charge in [0.15, 0.2) is 5.13 Å².